The summed E-state index contributed by atoms with van der Waals surface area (Å²) in [4.78, 5) is 13.3. The van der Waals surface area contributed by atoms with Gasteiger partial charge >= 0.3 is 0 Å². The molecule has 0 saturated heterocycles. The number of amides is 1. The summed E-state index contributed by atoms with van der Waals surface area (Å²) in [5, 5.41) is 17.2. The number of carbonyl (C=O) groups excluding carboxylic acids is 1. The summed E-state index contributed by atoms with van der Waals surface area (Å²) >= 11 is 0. The molecule has 0 spiro atoms. The molecule has 0 fully saturated rings. The molecule has 1 amide bonds. The number of halogens is 1. The van der Waals surface area contributed by atoms with Gasteiger partial charge in [-0.25, -0.2) is 17.5 Å². The minimum atomic E-state index is -3.82. The largest absolute Gasteiger partial charge is 0.341 e. The highest BCUT2D eigenvalue weighted by atomic mass is 32.2. The number of hydrogen-bond donors (Lipinski definition) is 1. The molecular formula is C15H17FN4O3S. The van der Waals surface area contributed by atoms with E-state index in [0.717, 1.165) is 24.3 Å². The molecule has 128 valence electrons. The topological polar surface area (TPSA) is 114 Å². The van der Waals surface area contributed by atoms with E-state index in [1.54, 1.807) is 0 Å². The first-order valence-electron chi connectivity index (χ1n) is 7.17. The van der Waals surface area contributed by atoms with Crippen molar-refractivity contribution in [3.8, 4) is 12.1 Å². The molecule has 0 saturated carbocycles. The van der Waals surface area contributed by atoms with Crippen LogP contribution in [-0.4, -0.2) is 38.9 Å². The predicted octanol–water partition coefficient (Wildman–Crippen LogP) is 1.15. The minimum Gasteiger partial charge on any atom is -0.341 e. The van der Waals surface area contributed by atoms with Crippen LogP contribution in [0.3, 0.4) is 0 Å². The third-order valence-corrected chi connectivity index (χ3v) is 4.57. The number of nitrogens with zero attached hydrogens (tertiary/aromatic N) is 3. The first kappa shape index (κ1) is 19.6. The molecule has 0 atom stereocenters. The molecule has 1 rings (SSSR count). The van der Waals surface area contributed by atoms with Gasteiger partial charge in [0.2, 0.25) is 15.9 Å². The van der Waals surface area contributed by atoms with Crippen molar-refractivity contribution in [2.45, 2.75) is 24.2 Å². The van der Waals surface area contributed by atoms with Gasteiger partial charge in [0.25, 0.3) is 0 Å². The zero-order valence-corrected chi connectivity index (χ0v) is 13.7. The maximum absolute atomic E-state index is 12.8. The van der Waals surface area contributed by atoms with Crippen LogP contribution >= 0.6 is 0 Å². The molecule has 9 heteroatoms. The van der Waals surface area contributed by atoms with Gasteiger partial charge in [0.05, 0.1) is 29.9 Å². The monoisotopic (exact) mass is 352 g/mol. The summed E-state index contributed by atoms with van der Waals surface area (Å²) in [5.41, 5.74) is 0. The van der Waals surface area contributed by atoms with E-state index >= 15 is 0 Å². The van der Waals surface area contributed by atoms with Gasteiger partial charge in [0.15, 0.2) is 0 Å². The van der Waals surface area contributed by atoms with Crippen LogP contribution in [0.5, 0.6) is 0 Å². The Labute approximate surface area is 140 Å². The van der Waals surface area contributed by atoms with Crippen molar-refractivity contribution in [2.24, 2.45) is 0 Å². The first-order valence-corrected chi connectivity index (χ1v) is 8.66. The zero-order chi connectivity index (χ0) is 18.0. The highest BCUT2D eigenvalue weighted by Crippen LogP contribution is 2.09. The summed E-state index contributed by atoms with van der Waals surface area (Å²) in [7, 11) is -3.82. The molecule has 0 aliphatic carbocycles. The van der Waals surface area contributed by atoms with Gasteiger partial charge in [-0.1, -0.05) is 0 Å². The number of hydrogen-bond acceptors (Lipinski definition) is 5. The lowest BCUT2D eigenvalue weighted by molar-refractivity contribution is -0.130. The molecule has 0 heterocycles. The maximum atomic E-state index is 12.8. The number of benzene rings is 1. The Morgan fingerprint density at radius 2 is 1.67 bits per heavy atom. The predicted molar refractivity (Wildman–Crippen MR) is 83.2 cm³/mol. The molecule has 0 aliphatic rings. The Kier molecular flexibility index (Phi) is 7.83. The number of nitrogens with one attached hydrogen (secondary N) is 1. The van der Waals surface area contributed by atoms with Crippen LogP contribution in [0.4, 0.5) is 4.39 Å². The van der Waals surface area contributed by atoms with Crippen molar-refractivity contribution in [1.82, 2.24) is 9.62 Å². The summed E-state index contributed by atoms with van der Waals surface area (Å²) in [5.74, 6) is -0.892. The van der Waals surface area contributed by atoms with Gasteiger partial charge in [-0.15, -0.1) is 0 Å². The lowest BCUT2D eigenvalue weighted by atomic mass is 10.3. The molecular weight excluding hydrogens is 335 g/mol. The Hall–Kier alpha value is -2.49. The van der Waals surface area contributed by atoms with Crippen molar-refractivity contribution in [3.63, 3.8) is 0 Å². The summed E-state index contributed by atoms with van der Waals surface area (Å²) in [6, 6.07) is 8.16. The zero-order valence-electron chi connectivity index (χ0n) is 12.9. The van der Waals surface area contributed by atoms with Crippen molar-refractivity contribution in [1.29, 1.82) is 10.5 Å². The van der Waals surface area contributed by atoms with E-state index in [2.05, 4.69) is 4.72 Å². The minimum absolute atomic E-state index is 0.0952. The van der Waals surface area contributed by atoms with E-state index in [0.29, 0.717) is 0 Å². The molecule has 1 N–H and O–H groups in total. The Morgan fingerprint density at radius 1 is 1.12 bits per heavy atom. The fourth-order valence-electron chi connectivity index (χ4n) is 1.88. The smallest absolute Gasteiger partial charge is 0.240 e. The van der Waals surface area contributed by atoms with Crippen molar-refractivity contribution in [3.05, 3.63) is 30.1 Å². The highest BCUT2D eigenvalue weighted by Gasteiger charge is 2.16. The summed E-state index contributed by atoms with van der Waals surface area (Å²) in [6.45, 7) is 0.262. The van der Waals surface area contributed by atoms with Crippen LogP contribution in [-0.2, 0) is 14.8 Å². The Bertz CT molecular complexity index is 717. The SMILES string of the molecule is N#CCCN(CCC#N)C(=O)CCNS(=O)(=O)c1ccc(F)cc1. The second-order valence-corrected chi connectivity index (χ2v) is 6.57. The van der Waals surface area contributed by atoms with Gasteiger partial charge in [-0.3, -0.25) is 4.79 Å². The third-order valence-electron chi connectivity index (χ3n) is 3.09. The van der Waals surface area contributed by atoms with E-state index in [-0.39, 0.29) is 49.7 Å². The van der Waals surface area contributed by atoms with Crippen LogP contribution in [0, 0.1) is 28.5 Å². The van der Waals surface area contributed by atoms with Gasteiger partial charge in [-0.2, -0.15) is 10.5 Å². The van der Waals surface area contributed by atoms with Crippen LogP contribution in [0.25, 0.3) is 0 Å². The second-order valence-electron chi connectivity index (χ2n) is 4.80. The van der Waals surface area contributed by atoms with E-state index in [1.807, 2.05) is 12.1 Å². The van der Waals surface area contributed by atoms with Gasteiger partial charge < -0.3 is 4.90 Å². The molecule has 0 aliphatic heterocycles. The number of nitriles is 2. The second kappa shape index (κ2) is 9.60. The van der Waals surface area contributed by atoms with Crippen molar-refractivity contribution < 1.29 is 17.6 Å². The van der Waals surface area contributed by atoms with E-state index in [1.165, 1.54) is 4.90 Å². The fraction of sp³-hybridized carbons (Fsp3) is 0.400. The normalized spacial score (nSPS) is 10.6. The average molecular weight is 352 g/mol. The lowest BCUT2D eigenvalue weighted by Gasteiger charge is -2.20. The van der Waals surface area contributed by atoms with E-state index in [9.17, 15) is 17.6 Å². The number of rotatable bonds is 9. The van der Waals surface area contributed by atoms with E-state index in [4.69, 9.17) is 10.5 Å². The lowest BCUT2D eigenvalue weighted by Crippen LogP contribution is -2.35. The van der Waals surface area contributed by atoms with Gasteiger partial charge in [0.1, 0.15) is 5.82 Å². The van der Waals surface area contributed by atoms with E-state index < -0.39 is 15.8 Å². The van der Waals surface area contributed by atoms with Crippen molar-refractivity contribution >= 4 is 15.9 Å². The maximum Gasteiger partial charge on any atom is 0.240 e. The van der Waals surface area contributed by atoms with Crippen LogP contribution < -0.4 is 4.72 Å². The summed E-state index contributed by atoms with van der Waals surface area (Å²) in [6.07, 6.45) is 0.175. The fourth-order valence-corrected chi connectivity index (χ4v) is 2.91. The standard InChI is InChI=1S/C15H17FN4O3S/c16-13-3-5-14(6-4-13)24(22,23)19-10-7-15(21)20(11-1-8-17)12-2-9-18/h3-6,19H,1-2,7,10-12H2. The molecule has 1 aromatic rings. The summed E-state index contributed by atoms with van der Waals surface area (Å²) < 4.78 is 39.1. The average Bonchev–Trinajstić information content (AvgIpc) is 2.55. The van der Waals surface area contributed by atoms with Gasteiger partial charge in [-0.05, 0) is 24.3 Å². The van der Waals surface area contributed by atoms with Gasteiger partial charge in [0, 0.05) is 26.1 Å². The first-order chi connectivity index (χ1) is 11.4. The molecule has 0 bridgehead atoms. The van der Waals surface area contributed by atoms with Crippen LogP contribution in [0.15, 0.2) is 29.2 Å². The molecule has 0 aromatic heterocycles. The quantitative estimate of drug-likeness (QED) is 0.716. The van der Waals surface area contributed by atoms with Crippen LogP contribution in [0.2, 0.25) is 0 Å². The van der Waals surface area contributed by atoms with Crippen LogP contribution in [0.1, 0.15) is 19.3 Å². The molecule has 7 nitrogen and oxygen atoms in total. The molecule has 24 heavy (non-hydrogen) atoms. The Balaban J connectivity index is 2.57. The number of sulfonamides is 1. The molecule has 1 aromatic carbocycles. The van der Waals surface area contributed by atoms with Crippen molar-refractivity contribution in [2.75, 3.05) is 19.6 Å². The highest BCUT2D eigenvalue weighted by molar-refractivity contribution is 7.89. The molecule has 0 radical (unpaired) electrons. The Morgan fingerprint density at radius 3 is 2.17 bits per heavy atom. The molecule has 0 unspecified atom stereocenters. The number of carbonyl (C=O) groups is 1. The third kappa shape index (κ3) is 6.32.